The van der Waals surface area contributed by atoms with Crippen molar-refractivity contribution in [2.45, 2.75) is 13.0 Å². The zero-order valence-electron chi connectivity index (χ0n) is 8.94. The number of aliphatic hydroxyl groups excluding tert-OH is 1. The lowest BCUT2D eigenvalue weighted by molar-refractivity contribution is -0.144. The van der Waals surface area contributed by atoms with Crippen LogP contribution in [0.2, 0.25) is 0 Å². The second-order valence-electron chi connectivity index (χ2n) is 3.11. The molecule has 0 bridgehead atoms. The largest absolute Gasteiger partial charge is 0.464 e. The number of halogens is 1. The van der Waals surface area contributed by atoms with Crippen LogP contribution in [0, 0.1) is 0 Å². The van der Waals surface area contributed by atoms with E-state index in [0.29, 0.717) is 6.61 Å². The molecule has 4 nitrogen and oxygen atoms in total. The van der Waals surface area contributed by atoms with Gasteiger partial charge in [-0.3, -0.25) is 0 Å². The SMILES string of the molecule is CCOC(=O)C(CO)Nc1ccccc1Br. The van der Waals surface area contributed by atoms with E-state index in [1.807, 2.05) is 24.3 Å². The summed E-state index contributed by atoms with van der Waals surface area (Å²) in [6.07, 6.45) is 0. The summed E-state index contributed by atoms with van der Waals surface area (Å²) < 4.78 is 5.66. The first-order valence-corrected chi connectivity index (χ1v) is 5.77. The average molecular weight is 288 g/mol. The quantitative estimate of drug-likeness (QED) is 0.811. The van der Waals surface area contributed by atoms with Crippen molar-refractivity contribution in [3.8, 4) is 0 Å². The van der Waals surface area contributed by atoms with Crippen molar-refractivity contribution in [3.63, 3.8) is 0 Å². The molecule has 0 aliphatic carbocycles. The molecule has 1 unspecified atom stereocenters. The van der Waals surface area contributed by atoms with Gasteiger partial charge in [-0.15, -0.1) is 0 Å². The lowest BCUT2D eigenvalue weighted by atomic mass is 10.2. The van der Waals surface area contributed by atoms with Crippen LogP contribution in [0.4, 0.5) is 5.69 Å². The van der Waals surface area contributed by atoms with E-state index in [2.05, 4.69) is 21.2 Å². The highest BCUT2D eigenvalue weighted by molar-refractivity contribution is 9.10. The number of benzene rings is 1. The number of nitrogens with one attached hydrogen (secondary N) is 1. The zero-order valence-corrected chi connectivity index (χ0v) is 10.5. The number of carbonyl (C=O) groups is 1. The molecule has 0 spiro atoms. The lowest BCUT2D eigenvalue weighted by Gasteiger charge is -2.16. The summed E-state index contributed by atoms with van der Waals surface area (Å²) in [5.74, 6) is -0.458. The fourth-order valence-corrected chi connectivity index (χ4v) is 1.59. The molecule has 5 heteroatoms. The van der Waals surface area contributed by atoms with E-state index in [0.717, 1.165) is 10.2 Å². The maximum absolute atomic E-state index is 11.4. The van der Waals surface area contributed by atoms with E-state index in [9.17, 15) is 4.79 Å². The van der Waals surface area contributed by atoms with E-state index in [1.165, 1.54) is 0 Å². The number of rotatable bonds is 5. The molecule has 0 amide bonds. The van der Waals surface area contributed by atoms with Crippen molar-refractivity contribution in [1.29, 1.82) is 0 Å². The average Bonchev–Trinajstić information content (AvgIpc) is 2.28. The fraction of sp³-hybridized carbons (Fsp3) is 0.364. The number of aliphatic hydroxyl groups is 1. The Morgan fingerprint density at radius 1 is 1.56 bits per heavy atom. The first-order valence-electron chi connectivity index (χ1n) is 4.97. The maximum atomic E-state index is 11.4. The Kier molecular flexibility index (Phi) is 5.28. The summed E-state index contributed by atoms with van der Waals surface area (Å²) in [5.41, 5.74) is 0.745. The van der Waals surface area contributed by atoms with Gasteiger partial charge in [0, 0.05) is 10.2 Å². The number of para-hydroxylation sites is 1. The lowest BCUT2D eigenvalue weighted by Crippen LogP contribution is -2.34. The summed E-state index contributed by atoms with van der Waals surface area (Å²) in [5, 5.41) is 12.0. The molecule has 16 heavy (non-hydrogen) atoms. The molecule has 1 aromatic rings. The van der Waals surface area contributed by atoms with Gasteiger partial charge in [0.05, 0.1) is 13.2 Å². The van der Waals surface area contributed by atoms with Crippen molar-refractivity contribution in [2.75, 3.05) is 18.5 Å². The van der Waals surface area contributed by atoms with Crippen molar-refractivity contribution < 1.29 is 14.6 Å². The molecule has 88 valence electrons. The van der Waals surface area contributed by atoms with Gasteiger partial charge in [0.1, 0.15) is 6.04 Å². The molecule has 0 heterocycles. The summed E-state index contributed by atoms with van der Waals surface area (Å²) in [6.45, 7) is 1.72. The molecule has 1 aromatic carbocycles. The normalized spacial score (nSPS) is 11.9. The number of hydrogen-bond donors (Lipinski definition) is 2. The van der Waals surface area contributed by atoms with Gasteiger partial charge in [-0.1, -0.05) is 12.1 Å². The molecule has 1 atom stereocenters. The Labute approximate surface area is 103 Å². The summed E-state index contributed by atoms with van der Waals surface area (Å²) in [6, 6.07) is 6.63. The van der Waals surface area contributed by atoms with Crippen LogP contribution in [0.3, 0.4) is 0 Å². The number of ether oxygens (including phenoxy) is 1. The van der Waals surface area contributed by atoms with Crippen LogP contribution in [0.5, 0.6) is 0 Å². The highest BCUT2D eigenvalue weighted by atomic mass is 79.9. The van der Waals surface area contributed by atoms with Gasteiger partial charge in [0.15, 0.2) is 0 Å². The molecule has 0 aromatic heterocycles. The maximum Gasteiger partial charge on any atom is 0.330 e. The highest BCUT2D eigenvalue weighted by Crippen LogP contribution is 2.22. The molecule has 0 saturated carbocycles. The highest BCUT2D eigenvalue weighted by Gasteiger charge is 2.18. The van der Waals surface area contributed by atoms with Crippen molar-refractivity contribution in [2.24, 2.45) is 0 Å². The van der Waals surface area contributed by atoms with Crippen molar-refractivity contribution in [3.05, 3.63) is 28.7 Å². The smallest absolute Gasteiger partial charge is 0.330 e. The molecule has 0 saturated heterocycles. The van der Waals surface area contributed by atoms with Gasteiger partial charge in [0.2, 0.25) is 0 Å². The molecule has 0 aliphatic heterocycles. The van der Waals surface area contributed by atoms with Crippen LogP contribution in [0.15, 0.2) is 28.7 Å². The van der Waals surface area contributed by atoms with Gasteiger partial charge in [-0.05, 0) is 35.0 Å². The van der Waals surface area contributed by atoms with Gasteiger partial charge in [-0.25, -0.2) is 4.79 Å². The Hall–Kier alpha value is -1.07. The molecular weight excluding hydrogens is 274 g/mol. The summed E-state index contributed by atoms with van der Waals surface area (Å²) in [4.78, 5) is 11.4. The van der Waals surface area contributed by atoms with Gasteiger partial charge >= 0.3 is 5.97 Å². The third-order valence-electron chi connectivity index (χ3n) is 1.96. The molecule has 0 aliphatic rings. The fourth-order valence-electron chi connectivity index (χ4n) is 1.19. The predicted octanol–water partition coefficient (Wildman–Crippen LogP) is 1.78. The van der Waals surface area contributed by atoms with Crippen molar-refractivity contribution >= 4 is 27.6 Å². The van der Waals surface area contributed by atoms with Gasteiger partial charge in [-0.2, -0.15) is 0 Å². The second-order valence-corrected chi connectivity index (χ2v) is 3.97. The van der Waals surface area contributed by atoms with Crippen LogP contribution in [0.1, 0.15) is 6.92 Å². The second kappa shape index (κ2) is 6.50. The first kappa shape index (κ1) is 13.0. The molecule has 0 radical (unpaired) electrons. The van der Waals surface area contributed by atoms with Gasteiger partial charge < -0.3 is 15.2 Å². The third-order valence-corrected chi connectivity index (χ3v) is 2.65. The van der Waals surface area contributed by atoms with Crippen LogP contribution in [-0.4, -0.2) is 30.3 Å². The monoisotopic (exact) mass is 287 g/mol. The Morgan fingerprint density at radius 2 is 2.25 bits per heavy atom. The Balaban J connectivity index is 2.70. The number of hydrogen-bond acceptors (Lipinski definition) is 4. The predicted molar refractivity (Wildman–Crippen MR) is 65.3 cm³/mol. The van der Waals surface area contributed by atoms with E-state index in [-0.39, 0.29) is 6.61 Å². The zero-order chi connectivity index (χ0) is 12.0. The minimum absolute atomic E-state index is 0.299. The standard InChI is InChI=1S/C11H14BrNO3/c1-2-16-11(15)10(7-14)13-9-6-4-3-5-8(9)12/h3-6,10,13-14H,2,7H2,1H3. The Morgan fingerprint density at radius 3 is 2.81 bits per heavy atom. The molecule has 1 rings (SSSR count). The van der Waals surface area contributed by atoms with E-state index < -0.39 is 12.0 Å². The minimum Gasteiger partial charge on any atom is -0.464 e. The van der Waals surface area contributed by atoms with Crippen LogP contribution in [-0.2, 0) is 9.53 Å². The number of esters is 1. The van der Waals surface area contributed by atoms with Crippen LogP contribution in [0.25, 0.3) is 0 Å². The molecule has 2 N–H and O–H groups in total. The number of carbonyl (C=O) groups excluding carboxylic acids is 1. The summed E-state index contributed by atoms with van der Waals surface area (Å²) >= 11 is 3.35. The van der Waals surface area contributed by atoms with E-state index in [4.69, 9.17) is 9.84 Å². The van der Waals surface area contributed by atoms with Crippen LogP contribution >= 0.6 is 15.9 Å². The topological polar surface area (TPSA) is 58.6 Å². The van der Waals surface area contributed by atoms with E-state index >= 15 is 0 Å². The summed E-state index contributed by atoms with van der Waals surface area (Å²) in [7, 11) is 0. The van der Waals surface area contributed by atoms with Crippen LogP contribution < -0.4 is 5.32 Å². The number of anilines is 1. The Bertz CT molecular complexity index is 357. The molecule has 0 fully saturated rings. The van der Waals surface area contributed by atoms with Gasteiger partial charge in [0.25, 0.3) is 0 Å². The molecular formula is C11H14BrNO3. The van der Waals surface area contributed by atoms with Crippen molar-refractivity contribution in [1.82, 2.24) is 0 Å². The minimum atomic E-state index is -0.737. The third kappa shape index (κ3) is 3.50. The first-order chi connectivity index (χ1) is 7.69. The van der Waals surface area contributed by atoms with E-state index in [1.54, 1.807) is 6.92 Å².